The van der Waals surface area contributed by atoms with E-state index in [-0.39, 0.29) is 24.3 Å². The lowest BCUT2D eigenvalue weighted by Gasteiger charge is -2.33. The van der Waals surface area contributed by atoms with E-state index in [1.54, 1.807) is 22.9 Å². The molecule has 0 radical (unpaired) electrons. The van der Waals surface area contributed by atoms with Crippen LogP contribution in [0.3, 0.4) is 0 Å². The van der Waals surface area contributed by atoms with Gasteiger partial charge in [0.1, 0.15) is 6.54 Å². The maximum Gasteiger partial charge on any atom is 0.255 e. The molecule has 4 rings (SSSR count). The Bertz CT molecular complexity index is 1120. The number of anilines is 1. The second-order valence-electron chi connectivity index (χ2n) is 8.29. The van der Waals surface area contributed by atoms with Crippen LogP contribution in [0.15, 0.2) is 54.6 Å². The molecule has 166 valence electrons. The molecule has 32 heavy (non-hydrogen) atoms. The fraction of sp³-hybridized carbons (Fsp3) is 0.320. The summed E-state index contributed by atoms with van der Waals surface area (Å²) in [5.41, 5.74) is 4.30. The van der Waals surface area contributed by atoms with Crippen LogP contribution in [0.4, 0.5) is 5.69 Å². The third kappa shape index (κ3) is 5.02. The van der Waals surface area contributed by atoms with Gasteiger partial charge >= 0.3 is 0 Å². The van der Waals surface area contributed by atoms with Crippen molar-refractivity contribution in [1.29, 1.82) is 0 Å². The quantitative estimate of drug-likeness (QED) is 0.606. The van der Waals surface area contributed by atoms with Gasteiger partial charge in [0, 0.05) is 35.1 Å². The lowest BCUT2D eigenvalue weighted by Crippen LogP contribution is -2.40. The fourth-order valence-corrected chi connectivity index (χ4v) is 4.45. The zero-order chi connectivity index (χ0) is 22.7. The molecule has 7 heteroatoms. The number of carbonyl (C=O) groups is 2. The first-order valence-electron chi connectivity index (χ1n) is 10.9. The van der Waals surface area contributed by atoms with E-state index in [0.29, 0.717) is 23.7 Å². The van der Waals surface area contributed by atoms with Crippen molar-refractivity contribution in [1.82, 2.24) is 14.7 Å². The number of carbonyl (C=O) groups excluding carboxylic acids is 2. The zero-order valence-corrected chi connectivity index (χ0v) is 19.1. The van der Waals surface area contributed by atoms with Crippen LogP contribution in [0.25, 0.3) is 0 Å². The Hall–Kier alpha value is -3.12. The monoisotopic (exact) mass is 450 g/mol. The van der Waals surface area contributed by atoms with Crippen LogP contribution in [0.5, 0.6) is 0 Å². The maximum atomic E-state index is 12.8. The van der Waals surface area contributed by atoms with Crippen molar-refractivity contribution in [3.8, 4) is 0 Å². The number of halogens is 1. The van der Waals surface area contributed by atoms with Gasteiger partial charge in [-0.25, -0.2) is 0 Å². The molecule has 3 aromatic rings. The van der Waals surface area contributed by atoms with Crippen LogP contribution in [0.2, 0.25) is 5.02 Å². The highest BCUT2D eigenvalue weighted by Crippen LogP contribution is 2.35. The molecule has 2 heterocycles. The van der Waals surface area contributed by atoms with Gasteiger partial charge in [-0.05, 0) is 68.5 Å². The number of piperidine rings is 1. The van der Waals surface area contributed by atoms with Crippen LogP contribution >= 0.6 is 11.6 Å². The number of aryl methyl sites for hydroxylation is 2. The van der Waals surface area contributed by atoms with Gasteiger partial charge in [0.2, 0.25) is 5.91 Å². The molecule has 1 saturated heterocycles. The smallest absolute Gasteiger partial charge is 0.255 e. The highest BCUT2D eigenvalue weighted by molar-refractivity contribution is 6.31. The molecule has 0 aliphatic carbocycles. The van der Waals surface area contributed by atoms with E-state index < -0.39 is 0 Å². The SMILES string of the molecule is Cc1cc(C)n(CC(=O)N2CCC(c3ccc(Cl)cc3NC(=O)c3ccccc3)CC2)n1. The zero-order valence-electron chi connectivity index (χ0n) is 18.3. The Labute approximate surface area is 193 Å². The summed E-state index contributed by atoms with van der Waals surface area (Å²) in [5.74, 6) is 0.172. The van der Waals surface area contributed by atoms with Gasteiger partial charge in [0.15, 0.2) is 0 Å². The fourth-order valence-electron chi connectivity index (χ4n) is 4.28. The third-order valence-corrected chi connectivity index (χ3v) is 6.21. The second kappa shape index (κ2) is 9.57. The molecular formula is C25H27ClN4O2. The van der Waals surface area contributed by atoms with Gasteiger partial charge < -0.3 is 10.2 Å². The first-order valence-corrected chi connectivity index (χ1v) is 11.2. The number of benzene rings is 2. The second-order valence-corrected chi connectivity index (χ2v) is 8.73. The molecule has 1 aliphatic heterocycles. The molecule has 6 nitrogen and oxygen atoms in total. The van der Waals surface area contributed by atoms with Crippen LogP contribution in [0, 0.1) is 13.8 Å². The van der Waals surface area contributed by atoms with E-state index in [1.807, 2.05) is 55.1 Å². The Morgan fingerprint density at radius 2 is 1.78 bits per heavy atom. The van der Waals surface area contributed by atoms with E-state index in [1.165, 1.54) is 0 Å². The molecule has 0 atom stereocenters. The van der Waals surface area contributed by atoms with Crippen LogP contribution in [0.1, 0.15) is 46.1 Å². The van der Waals surface area contributed by atoms with Gasteiger partial charge in [0.05, 0.1) is 5.69 Å². The lowest BCUT2D eigenvalue weighted by atomic mass is 9.88. The Kier molecular flexibility index (Phi) is 6.61. The summed E-state index contributed by atoms with van der Waals surface area (Å²) in [6, 6.07) is 16.8. The van der Waals surface area contributed by atoms with Crippen molar-refractivity contribution in [2.45, 2.75) is 39.2 Å². The predicted octanol–water partition coefficient (Wildman–Crippen LogP) is 4.81. The van der Waals surface area contributed by atoms with Crippen molar-refractivity contribution in [3.05, 3.63) is 82.1 Å². The molecule has 1 aliphatic rings. The summed E-state index contributed by atoms with van der Waals surface area (Å²) in [5, 5.41) is 8.00. The average molecular weight is 451 g/mol. The number of nitrogens with one attached hydrogen (secondary N) is 1. The van der Waals surface area contributed by atoms with Crippen molar-refractivity contribution in [3.63, 3.8) is 0 Å². The van der Waals surface area contributed by atoms with E-state index in [9.17, 15) is 9.59 Å². The average Bonchev–Trinajstić information content (AvgIpc) is 3.11. The van der Waals surface area contributed by atoms with Crippen LogP contribution < -0.4 is 5.32 Å². The number of amides is 2. The largest absolute Gasteiger partial charge is 0.341 e. The number of aromatic nitrogens is 2. The minimum atomic E-state index is -0.161. The normalized spacial score (nSPS) is 14.4. The summed E-state index contributed by atoms with van der Waals surface area (Å²) < 4.78 is 1.76. The highest BCUT2D eigenvalue weighted by Gasteiger charge is 2.26. The van der Waals surface area contributed by atoms with Crippen LogP contribution in [-0.4, -0.2) is 39.6 Å². The van der Waals surface area contributed by atoms with Crippen molar-refractivity contribution < 1.29 is 9.59 Å². The summed E-state index contributed by atoms with van der Waals surface area (Å²) in [6.45, 7) is 5.52. The van der Waals surface area contributed by atoms with Gasteiger partial charge in [-0.2, -0.15) is 5.10 Å². The Morgan fingerprint density at radius 3 is 2.44 bits per heavy atom. The minimum absolute atomic E-state index is 0.0864. The van der Waals surface area contributed by atoms with Gasteiger partial charge in [-0.3, -0.25) is 14.3 Å². The summed E-state index contributed by atoms with van der Waals surface area (Å²) in [7, 11) is 0. The third-order valence-electron chi connectivity index (χ3n) is 5.98. The van der Waals surface area contributed by atoms with E-state index in [0.717, 1.165) is 35.5 Å². The van der Waals surface area contributed by atoms with E-state index in [4.69, 9.17) is 11.6 Å². The molecule has 1 aromatic heterocycles. The molecular weight excluding hydrogens is 424 g/mol. The number of hydrogen-bond donors (Lipinski definition) is 1. The molecule has 0 bridgehead atoms. The molecule has 0 spiro atoms. The van der Waals surface area contributed by atoms with E-state index in [2.05, 4.69) is 10.4 Å². The molecule has 0 saturated carbocycles. The number of likely N-dealkylation sites (tertiary alicyclic amines) is 1. The van der Waals surface area contributed by atoms with E-state index >= 15 is 0 Å². The molecule has 2 aromatic carbocycles. The lowest BCUT2D eigenvalue weighted by molar-refractivity contribution is -0.133. The number of nitrogens with zero attached hydrogens (tertiary/aromatic N) is 3. The standard InChI is InChI=1S/C25H27ClN4O2/c1-17-14-18(2)30(28-17)16-24(31)29-12-10-19(11-13-29)22-9-8-21(26)15-23(22)27-25(32)20-6-4-3-5-7-20/h3-9,14-15,19H,10-13,16H2,1-2H3,(H,27,32). The number of hydrogen-bond acceptors (Lipinski definition) is 3. The Morgan fingerprint density at radius 1 is 1.06 bits per heavy atom. The maximum absolute atomic E-state index is 12.8. The molecule has 1 N–H and O–H groups in total. The van der Waals surface area contributed by atoms with Gasteiger partial charge in [-0.1, -0.05) is 35.9 Å². The summed E-state index contributed by atoms with van der Waals surface area (Å²) in [6.07, 6.45) is 1.66. The molecule has 2 amide bonds. The summed E-state index contributed by atoms with van der Waals surface area (Å²) in [4.78, 5) is 27.4. The summed E-state index contributed by atoms with van der Waals surface area (Å²) >= 11 is 6.23. The minimum Gasteiger partial charge on any atom is -0.341 e. The van der Waals surface area contributed by atoms with Crippen molar-refractivity contribution >= 4 is 29.1 Å². The van der Waals surface area contributed by atoms with Crippen molar-refractivity contribution in [2.24, 2.45) is 0 Å². The first-order chi connectivity index (χ1) is 15.4. The highest BCUT2D eigenvalue weighted by atomic mass is 35.5. The first kappa shape index (κ1) is 22.1. The Balaban J connectivity index is 1.42. The number of rotatable bonds is 5. The molecule has 1 fully saturated rings. The van der Waals surface area contributed by atoms with Crippen LogP contribution in [-0.2, 0) is 11.3 Å². The predicted molar refractivity (Wildman–Crippen MR) is 126 cm³/mol. The van der Waals surface area contributed by atoms with Gasteiger partial charge in [0.25, 0.3) is 5.91 Å². The topological polar surface area (TPSA) is 67.2 Å². The van der Waals surface area contributed by atoms with Crippen molar-refractivity contribution in [2.75, 3.05) is 18.4 Å². The molecule has 0 unspecified atom stereocenters. The van der Waals surface area contributed by atoms with Gasteiger partial charge in [-0.15, -0.1) is 0 Å².